The highest BCUT2D eigenvalue weighted by Crippen LogP contribution is 2.32. The van der Waals surface area contributed by atoms with E-state index in [-0.39, 0.29) is 22.6 Å². The predicted molar refractivity (Wildman–Crippen MR) is 139 cm³/mol. The monoisotopic (exact) mass is 554 g/mol. The molecule has 2 aromatic rings. The Hall–Kier alpha value is -2.10. The molecule has 0 aliphatic rings. The van der Waals surface area contributed by atoms with Gasteiger partial charge in [-0.05, 0) is 63.7 Å². The third kappa shape index (κ3) is 7.20. The number of methoxy groups -OCH3 is 1. The highest BCUT2D eigenvalue weighted by atomic mass is 79.9. The molecule has 0 saturated carbocycles. The summed E-state index contributed by atoms with van der Waals surface area (Å²) < 4.78 is 39.0. The van der Waals surface area contributed by atoms with Gasteiger partial charge in [0.2, 0.25) is 15.9 Å². The first-order valence-electron chi connectivity index (χ1n) is 11.3. The van der Waals surface area contributed by atoms with Crippen LogP contribution < -0.4 is 14.8 Å². The summed E-state index contributed by atoms with van der Waals surface area (Å²) in [5.74, 6) is 0.872. The number of benzene rings is 2. The molecule has 2 aromatic carbocycles. The first kappa shape index (κ1) is 28.1. The van der Waals surface area contributed by atoms with Crippen molar-refractivity contribution in [2.24, 2.45) is 0 Å². The van der Waals surface area contributed by atoms with Crippen molar-refractivity contribution >= 4 is 37.5 Å². The lowest BCUT2D eigenvalue weighted by Crippen LogP contribution is -2.30. The molecule has 0 aliphatic carbocycles. The van der Waals surface area contributed by atoms with Crippen LogP contribution in [0.4, 0.5) is 5.69 Å². The average molecular weight is 556 g/mol. The number of carbonyl (C=O) groups excluding carboxylic acids is 1. The van der Waals surface area contributed by atoms with Crippen LogP contribution in [0.1, 0.15) is 53.0 Å². The fraction of sp³-hybridized carbons (Fsp3) is 0.480. The number of rotatable bonds is 11. The number of hydrogen-bond donors (Lipinski definition) is 1. The summed E-state index contributed by atoms with van der Waals surface area (Å²) in [5.41, 5.74) is 1.56. The van der Waals surface area contributed by atoms with Gasteiger partial charge in [-0.2, -0.15) is 4.31 Å². The van der Waals surface area contributed by atoms with Crippen molar-refractivity contribution in [2.75, 3.05) is 32.1 Å². The molecule has 0 saturated heterocycles. The van der Waals surface area contributed by atoms with Crippen molar-refractivity contribution in [3.05, 3.63) is 46.4 Å². The van der Waals surface area contributed by atoms with Crippen LogP contribution in [0.15, 0.2) is 45.8 Å². The van der Waals surface area contributed by atoms with E-state index < -0.39 is 10.0 Å². The third-order valence-corrected chi connectivity index (χ3v) is 8.06. The van der Waals surface area contributed by atoms with Crippen LogP contribution >= 0.6 is 15.9 Å². The van der Waals surface area contributed by atoms with Crippen LogP contribution in [0.2, 0.25) is 0 Å². The van der Waals surface area contributed by atoms with Gasteiger partial charge in [-0.1, -0.05) is 40.7 Å². The fourth-order valence-electron chi connectivity index (χ4n) is 3.37. The zero-order chi connectivity index (χ0) is 25.5. The van der Waals surface area contributed by atoms with Crippen molar-refractivity contribution in [3.8, 4) is 11.5 Å². The quantitative estimate of drug-likeness (QED) is 0.366. The van der Waals surface area contributed by atoms with E-state index >= 15 is 0 Å². The van der Waals surface area contributed by atoms with Crippen LogP contribution in [0.25, 0.3) is 0 Å². The van der Waals surface area contributed by atoms with Crippen LogP contribution in [-0.2, 0) is 20.2 Å². The van der Waals surface area contributed by atoms with Gasteiger partial charge in [0.15, 0.2) is 0 Å². The molecule has 188 valence electrons. The van der Waals surface area contributed by atoms with Gasteiger partial charge in [0.05, 0.1) is 28.8 Å². The zero-order valence-corrected chi connectivity index (χ0v) is 23.2. The van der Waals surface area contributed by atoms with Crippen LogP contribution in [0.3, 0.4) is 0 Å². The molecule has 0 fully saturated rings. The Morgan fingerprint density at radius 2 is 1.71 bits per heavy atom. The molecule has 0 bridgehead atoms. The lowest BCUT2D eigenvalue weighted by atomic mass is 9.87. The maximum Gasteiger partial charge on any atom is 0.243 e. The number of nitrogens with zero attached hydrogens (tertiary/aromatic N) is 1. The SMILES string of the molecule is CCN(CC)S(=O)(=O)c1ccc(OC)c(NC(=O)CCCOc2ccc(C(C)(C)C)cc2Br)c1. The highest BCUT2D eigenvalue weighted by molar-refractivity contribution is 9.10. The van der Waals surface area contributed by atoms with Gasteiger partial charge in [0.1, 0.15) is 11.5 Å². The number of hydrogen-bond acceptors (Lipinski definition) is 5. The lowest BCUT2D eigenvalue weighted by Gasteiger charge is -2.20. The molecule has 0 radical (unpaired) electrons. The molecule has 7 nitrogen and oxygen atoms in total. The Morgan fingerprint density at radius 1 is 1.06 bits per heavy atom. The minimum atomic E-state index is -3.65. The molecule has 0 heterocycles. The molecule has 0 unspecified atom stereocenters. The van der Waals surface area contributed by atoms with Crippen molar-refractivity contribution in [2.45, 2.75) is 57.8 Å². The molecule has 0 aromatic heterocycles. The van der Waals surface area contributed by atoms with Crippen molar-refractivity contribution in [3.63, 3.8) is 0 Å². The molecule has 2 rings (SSSR count). The third-order valence-electron chi connectivity index (χ3n) is 5.39. The van der Waals surface area contributed by atoms with Gasteiger partial charge < -0.3 is 14.8 Å². The summed E-state index contributed by atoms with van der Waals surface area (Å²) in [4.78, 5) is 12.6. The maximum atomic E-state index is 12.8. The van der Waals surface area contributed by atoms with E-state index in [0.717, 1.165) is 10.2 Å². The molecule has 1 N–H and O–H groups in total. The summed E-state index contributed by atoms with van der Waals surface area (Å²) in [5, 5.41) is 2.77. The number of sulfonamides is 1. The van der Waals surface area contributed by atoms with Crippen LogP contribution in [0.5, 0.6) is 11.5 Å². The summed E-state index contributed by atoms with van der Waals surface area (Å²) in [6.07, 6.45) is 0.715. The largest absolute Gasteiger partial charge is 0.495 e. The van der Waals surface area contributed by atoms with E-state index in [1.165, 1.54) is 29.1 Å². The Bertz CT molecular complexity index is 1090. The van der Waals surface area contributed by atoms with E-state index in [4.69, 9.17) is 9.47 Å². The van der Waals surface area contributed by atoms with Crippen molar-refractivity contribution in [1.82, 2.24) is 4.31 Å². The normalized spacial score (nSPS) is 12.0. The van der Waals surface area contributed by atoms with Crippen LogP contribution in [0, 0.1) is 0 Å². The molecular formula is C25H35BrN2O5S. The number of anilines is 1. The Morgan fingerprint density at radius 3 is 2.26 bits per heavy atom. The number of amides is 1. The minimum absolute atomic E-state index is 0.0438. The fourth-order valence-corrected chi connectivity index (χ4v) is 5.35. The number of halogens is 1. The number of ether oxygens (including phenoxy) is 2. The molecule has 1 amide bonds. The van der Waals surface area contributed by atoms with Gasteiger partial charge in [0.25, 0.3) is 0 Å². The summed E-state index contributed by atoms with van der Waals surface area (Å²) in [6.45, 7) is 11.1. The lowest BCUT2D eigenvalue weighted by molar-refractivity contribution is -0.116. The van der Waals surface area contributed by atoms with E-state index in [0.29, 0.717) is 37.6 Å². The number of nitrogens with one attached hydrogen (secondary N) is 1. The standard InChI is InChI=1S/C25H35BrN2O5S/c1-7-28(8-2)34(30,31)19-12-14-23(32-6)21(17-19)27-24(29)10-9-15-33-22-13-11-18(16-20(22)26)25(3,4)5/h11-14,16-17H,7-10,15H2,1-6H3,(H,27,29). The first-order valence-corrected chi connectivity index (χ1v) is 13.6. The van der Waals surface area contributed by atoms with Gasteiger partial charge in [-0.15, -0.1) is 0 Å². The van der Waals surface area contributed by atoms with Crippen molar-refractivity contribution in [1.29, 1.82) is 0 Å². The highest BCUT2D eigenvalue weighted by Gasteiger charge is 2.23. The Kier molecular flexibility index (Phi) is 9.96. The zero-order valence-electron chi connectivity index (χ0n) is 20.8. The molecule has 0 atom stereocenters. The molecule has 0 spiro atoms. The van der Waals surface area contributed by atoms with Gasteiger partial charge >= 0.3 is 0 Å². The Labute approximate surface area is 212 Å². The van der Waals surface area contributed by atoms with Gasteiger partial charge in [-0.3, -0.25) is 4.79 Å². The maximum absolute atomic E-state index is 12.8. The second-order valence-electron chi connectivity index (χ2n) is 8.85. The van der Waals surface area contributed by atoms with E-state index in [9.17, 15) is 13.2 Å². The van der Waals surface area contributed by atoms with Gasteiger partial charge in [-0.25, -0.2) is 8.42 Å². The van der Waals surface area contributed by atoms with E-state index in [2.05, 4.69) is 42.0 Å². The topological polar surface area (TPSA) is 84.9 Å². The molecule has 34 heavy (non-hydrogen) atoms. The molecular weight excluding hydrogens is 520 g/mol. The second kappa shape index (κ2) is 12.0. The number of carbonyl (C=O) groups is 1. The molecule has 9 heteroatoms. The first-order chi connectivity index (χ1) is 15.9. The Balaban J connectivity index is 2.00. The molecule has 0 aliphatic heterocycles. The van der Waals surface area contributed by atoms with E-state index in [1.54, 1.807) is 19.9 Å². The average Bonchev–Trinajstić information content (AvgIpc) is 2.77. The minimum Gasteiger partial charge on any atom is -0.495 e. The van der Waals surface area contributed by atoms with E-state index in [1.807, 2.05) is 18.2 Å². The summed E-state index contributed by atoms with van der Waals surface area (Å²) >= 11 is 3.55. The van der Waals surface area contributed by atoms with Gasteiger partial charge in [0, 0.05) is 19.5 Å². The smallest absolute Gasteiger partial charge is 0.243 e. The second-order valence-corrected chi connectivity index (χ2v) is 11.6. The summed E-state index contributed by atoms with van der Waals surface area (Å²) in [6, 6.07) is 10.5. The van der Waals surface area contributed by atoms with Crippen LogP contribution in [-0.4, -0.2) is 45.4 Å². The predicted octanol–water partition coefficient (Wildman–Crippen LogP) is 5.58. The van der Waals surface area contributed by atoms with Crippen molar-refractivity contribution < 1.29 is 22.7 Å². The summed E-state index contributed by atoms with van der Waals surface area (Å²) in [7, 11) is -2.18.